The maximum Gasteiger partial charge on any atom is 0.341 e. The largest absolute Gasteiger partial charge is 0.507 e. The summed E-state index contributed by atoms with van der Waals surface area (Å²) in [6, 6.07) is 12.0. The van der Waals surface area contributed by atoms with Crippen molar-refractivity contribution in [1.29, 1.82) is 0 Å². The van der Waals surface area contributed by atoms with Crippen LogP contribution >= 0.6 is 0 Å². The van der Waals surface area contributed by atoms with E-state index in [0.29, 0.717) is 29.5 Å². The molecule has 39 heavy (non-hydrogen) atoms. The minimum absolute atomic E-state index is 0.0123. The topological polar surface area (TPSA) is 104 Å². The molecule has 3 N–H and O–H groups in total. The lowest BCUT2D eigenvalue weighted by atomic mass is 9.75. The van der Waals surface area contributed by atoms with Crippen LogP contribution in [0.4, 0.5) is 0 Å². The van der Waals surface area contributed by atoms with Gasteiger partial charge in [0.15, 0.2) is 5.60 Å². The van der Waals surface area contributed by atoms with Crippen LogP contribution in [0.2, 0.25) is 0 Å². The van der Waals surface area contributed by atoms with Gasteiger partial charge < -0.3 is 20.1 Å². The van der Waals surface area contributed by atoms with E-state index in [1.165, 1.54) is 6.07 Å². The number of carboxylic acids is 1. The van der Waals surface area contributed by atoms with E-state index in [9.17, 15) is 24.9 Å². The Labute approximate surface area is 230 Å². The maximum atomic E-state index is 13.5. The molecule has 1 aliphatic rings. The van der Waals surface area contributed by atoms with E-state index in [1.807, 2.05) is 26.0 Å². The Hall–Kier alpha value is -3.80. The van der Waals surface area contributed by atoms with Crippen molar-refractivity contribution in [2.45, 2.75) is 84.7 Å². The van der Waals surface area contributed by atoms with Crippen LogP contribution in [0.1, 0.15) is 113 Å². The van der Waals surface area contributed by atoms with Crippen LogP contribution in [0, 0.1) is 0 Å². The molecule has 0 bridgehead atoms. The van der Waals surface area contributed by atoms with Crippen LogP contribution < -0.4 is 0 Å². The third kappa shape index (κ3) is 4.66. The molecular formula is C33H38O6. The number of fused-ring (bicyclic) bond motifs is 1. The zero-order chi connectivity index (χ0) is 28.3. The Morgan fingerprint density at radius 3 is 1.64 bits per heavy atom. The number of aromatic hydroxyl groups is 2. The molecule has 0 fully saturated rings. The van der Waals surface area contributed by atoms with E-state index in [0.717, 1.165) is 60.8 Å². The Kier molecular flexibility index (Phi) is 8.34. The molecule has 0 amide bonds. The van der Waals surface area contributed by atoms with Gasteiger partial charge in [-0.05, 0) is 54.0 Å². The number of phenolic OH excluding ortho intramolecular Hbond substituents is 2. The molecule has 6 nitrogen and oxygen atoms in total. The average Bonchev–Trinajstić information content (AvgIpc) is 3.21. The van der Waals surface area contributed by atoms with Gasteiger partial charge >= 0.3 is 11.9 Å². The highest BCUT2D eigenvalue weighted by atomic mass is 16.6. The van der Waals surface area contributed by atoms with Crippen molar-refractivity contribution in [2.24, 2.45) is 0 Å². The number of rotatable bonds is 11. The second-order valence-electron chi connectivity index (χ2n) is 10.3. The van der Waals surface area contributed by atoms with Gasteiger partial charge in [-0.15, -0.1) is 0 Å². The number of benzene rings is 3. The average molecular weight is 531 g/mol. The smallest absolute Gasteiger partial charge is 0.341 e. The molecule has 0 saturated carbocycles. The number of hydrogen-bond donors (Lipinski definition) is 3. The molecule has 4 rings (SSSR count). The second kappa shape index (κ2) is 11.5. The third-order valence-corrected chi connectivity index (χ3v) is 7.68. The predicted octanol–water partition coefficient (Wildman–Crippen LogP) is 7.07. The zero-order valence-corrected chi connectivity index (χ0v) is 23.3. The standard InChI is InChI=1S/C33H38O6/c1-5-10-20-16-18-26(29(34)22(20)12-7-3)33(25-15-9-14-24(31(36)37)28(25)32(38)39-33)27-19-17-21(11-6-2)23(13-8-4)30(27)35/h9,14-19,34-35H,5-8,10-13H2,1-4H3,(H,36,37). The van der Waals surface area contributed by atoms with Gasteiger partial charge in [0, 0.05) is 16.7 Å². The number of phenols is 2. The van der Waals surface area contributed by atoms with Gasteiger partial charge in [-0.25, -0.2) is 9.59 Å². The van der Waals surface area contributed by atoms with Gasteiger partial charge in [-0.2, -0.15) is 0 Å². The first kappa shape index (κ1) is 28.2. The Bertz CT molecular complexity index is 1340. The van der Waals surface area contributed by atoms with Crippen molar-refractivity contribution >= 4 is 11.9 Å². The molecule has 0 atom stereocenters. The number of aromatic carboxylic acids is 1. The number of cyclic esters (lactones) is 1. The van der Waals surface area contributed by atoms with Crippen LogP contribution in [0.5, 0.6) is 11.5 Å². The van der Waals surface area contributed by atoms with Crippen molar-refractivity contribution in [3.63, 3.8) is 0 Å². The van der Waals surface area contributed by atoms with Crippen LogP contribution in [0.25, 0.3) is 0 Å². The summed E-state index contributed by atoms with van der Waals surface area (Å²) >= 11 is 0. The molecule has 1 aliphatic heterocycles. The molecular weight excluding hydrogens is 492 g/mol. The summed E-state index contributed by atoms with van der Waals surface area (Å²) in [5.41, 5.74) is 2.60. The lowest BCUT2D eigenvalue weighted by Crippen LogP contribution is -2.30. The van der Waals surface area contributed by atoms with E-state index >= 15 is 0 Å². The van der Waals surface area contributed by atoms with Crippen molar-refractivity contribution in [2.75, 3.05) is 0 Å². The van der Waals surface area contributed by atoms with Gasteiger partial charge in [0.2, 0.25) is 0 Å². The van der Waals surface area contributed by atoms with Crippen LogP contribution in [-0.4, -0.2) is 27.3 Å². The summed E-state index contributed by atoms with van der Waals surface area (Å²) in [5, 5.41) is 33.5. The molecule has 6 heteroatoms. The maximum absolute atomic E-state index is 13.5. The summed E-state index contributed by atoms with van der Waals surface area (Å²) < 4.78 is 6.19. The lowest BCUT2D eigenvalue weighted by molar-refractivity contribution is 0.0236. The summed E-state index contributed by atoms with van der Waals surface area (Å²) in [4.78, 5) is 25.6. The summed E-state index contributed by atoms with van der Waals surface area (Å²) in [5.74, 6) is -2.02. The van der Waals surface area contributed by atoms with Crippen LogP contribution in [-0.2, 0) is 36.0 Å². The number of ether oxygens (including phenoxy) is 1. The SMILES string of the molecule is CCCc1ccc(C2(c3ccc(CCC)c(CCC)c3O)OC(=O)c3c(C(=O)O)cccc32)c(O)c1CCC. The number of hydrogen-bond acceptors (Lipinski definition) is 5. The fourth-order valence-corrected chi connectivity index (χ4v) is 6.02. The van der Waals surface area contributed by atoms with Gasteiger partial charge in [0.05, 0.1) is 11.1 Å². The number of carbonyl (C=O) groups is 2. The Morgan fingerprint density at radius 2 is 1.21 bits per heavy atom. The van der Waals surface area contributed by atoms with E-state index < -0.39 is 17.5 Å². The van der Waals surface area contributed by atoms with E-state index in [-0.39, 0.29) is 22.6 Å². The second-order valence-corrected chi connectivity index (χ2v) is 10.3. The van der Waals surface area contributed by atoms with Crippen molar-refractivity contribution in [3.8, 4) is 11.5 Å². The first-order valence-electron chi connectivity index (χ1n) is 14.0. The molecule has 0 aliphatic carbocycles. The van der Waals surface area contributed by atoms with Crippen molar-refractivity contribution in [3.05, 3.63) is 92.5 Å². The fourth-order valence-electron chi connectivity index (χ4n) is 6.02. The molecule has 0 unspecified atom stereocenters. The first-order chi connectivity index (χ1) is 18.8. The van der Waals surface area contributed by atoms with Gasteiger partial charge in [0.1, 0.15) is 11.5 Å². The number of esters is 1. The quantitative estimate of drug-likeness (QED) is 0.229. The van der Waals surface area contributed by atoms with Crippen molar-refractivity contribution in [1.82, 2.24) is 0 Å². The highest BCUT2D eigenvalue weighted by Crippen LogP contribution is 2.54. The molecule has 3 aromatic rings. The Morgan fingerprint density at radius 1 is 0.718 bits per heavy atom. The van der Waals surface area contributed by atoms with E-state index in [2.05, 4.69) is 13.8 Å². The number of carbonyl (C=O) groups excluding carboxylic acids is 1. The highest BCUT2D eigenvalue weighted by Gasteiger charge is 2.53. The Balaban J connectivity index is 2.14. The molecule has 1 heterocycles. The molecule has 0 aromatic heterocycles. The number of carboxylic acid groups (broad SMARTS) is 1. The highest BCUT2D eigenvalue weighted by molar-refractivity contribution is 6.06. The van der Waals surface area contributed by atoms with Crippen LogP contribution in [0.15, 0.2) is 42.5 Å². The zero-order valence-electron chi connectivity index (χ0n) is 23.3. The normalized spacial score (nSPS) is 13.8. The summed E-state index contributed by atoms with van der Waals surface area (Å²) in [6.45, 7) is 8.24. The minimum atomic E-state index is -1.72. The van der Waals surface area contributed by atoms with Crippen molar-refractivity contribution < 1.29 is 29.6 Å². The molecule has 0 radical (unpaired) electrons. The van der Waals surface area contributed by atoms with Gasteiger partial charge in [-0.3, -0.25) is 0 Å². The monoisotopic (exact) mass is 530 g/mol. The summed E-state index contributed by atoms with van der Waals surface area (Å²) in [7, 11) is 0. The van der Waals surface area contributed by atoms with Gasteiger partial charge in [0.25, 0.3) is 0 Å². The van der Waals surface area contributed by atoms with E-state index in [4.69, 9.17) is 4.74 Å². The molecule has 3 aromatic carbocycles. The number of aryl methyl sites for hydroxylation is 2. The third-order valence-electron chi connectivity index (χ3n) is 7.68. The molecule has 0 saturated heterocycles. The first-order valence-corrected chi connectivity index (χ1v) is 14.0. The van der Waals surface area contributed by atoms with Crippen LogP contribution in [0.3, 0.4) is 0 Å². The molecule has 206 valence electrons. The summed E-state index contributed by atoms with van der Waals surface area (Å²) in [6.07, 6.45) is 6.24. The lowest BCUT2D eigenvalue weighted by Gasteiger charge is -2.33. The van der Waals surface area contributed by atoms with Gasteiger partial charge in [-0.1, -0.05) is 89.8 Å². The van der Waals surface area contributed by atoms with E-state index in [1.54, 1.807) is 24.3 Å². The predicted molar refractivity (Wildman–Crippen MR) is 151 cm³/mol. The minimum Gasteiger partial charge on any atom is -0.507 e. The fraction of sp³-hybridized carbons (Fsp3) is 0.394. The molecule has 0 spiro atoms.